The Labute approximate surface area is 167 Å². The van der Waals surface area contributed by atoms with E-state index in [-0.39, 0.29) is 12.8 Å². The van der Waals surface area contributed by atoms with Gasteiger partial charge in [-0.3, -0.25) is 4.79 Å². The van der Waals surface area contributed by atoms with E-state index in [0.717, 1.165) is 5.01 Å². The summed E-state index contributed by atoms with van der Waals surface area (Å²) in [7, 11) is 3.03. The number of hydrogen-bond donors (Lipinski definition) is 0. The molecule has 1 aliphatic heterocycles. The van der Waals surface area contributed by atoms with Crippen molar-refractivity contribution >= 4 is 17.6 Å². The normalized spacial score (nSPS) is 15.8. The molecule has 2 aromatic rings. The number of amides is 1. The number of carboxylic acids is 1. The third kappa shape index (κ3) is 4.37. The van der Waals surface area contributed by atoms with Gasteiger partial charge in [0.05, 0.1) is 26.0 Å². The van der Waals surface area contributed by atoms with Crippen LogP contribution < -0.4 is 14.6 Å². The van der Waals surface area contributed by atoms with Gasteiger partial charge in [0.1, 0.15) is 5.82 Å². The second-order valence-corrected chi connectivity index (χ2v) is 6.47. The highest BCUT2D eigenvalue weighted by Crippen LogP contribution is 2.36. The van der Waals surface area contributed by atoms with E-state index in [1.165, 1.54) is 20.3 Å². The number of nitrogens with zero attached hydrogens (tertiary/aromatic N) is 2. The lowest BCUT2D eigenvalue weighted by Gasteiger charge is -2.22. The molecule has 3 rings (SSSR count). The first-order chi connectivity index (χ1) is 13.9. The predicted octanol–water partition coefficient (Wildman–Crippen LogP) is 2.05. The van der Waals surface area contributed by atoms with Gasteiger partial charge in [0.15, 0.2) is 11.5 Å². The fourth-order valence-electron chi connectivity index (χ4n) is 3.24. The molecule has 0 N–H and O–H groups in total. The Bertz CT molecular complexity index is 960. The second-order valence-electron chi connectivity index (χ2n) is 6.47. The molecule has 1 heterocycles. The Morgan fingerprint density at radius 3 is 2.52 bits per heavy atom. The zero-order valence-corrected chi connectivity index (χ0v) is 16.1. The lowest BCUT2D eigenvalue weighted by atomic mass is 9.97. The van der Waals surface area contributed by atoms with Crippen LogP contribution in [0, 0.1) is 5.82 Å². The van der Waals surface area contributed by atoms with Gasteiger partial charge in [0.25, 0.3) is 0 Å². The molecule has 0 saturated heterocycles. The van der Waals surface area contributed by atoms with Gasteiger partial charge in [-0.2, -0.15) is 5.10 Å². The van der Waals surface area contributed by atoms with Crippen molar-refractivity contribution in [2.45, 2.75) is 25.3 Å². The molecule has 0 aromatic heterocycles. The second kappa shape index (κ2) is 8.72. The summed E-state index contributed by atoms with van der Waals surface area (Å²) in [5.74, 6) is -1.26. The summed E-state index contributed by atoms with van der Waals surface area (Å²) in [6.45, 7) is 0. The van der Waals surface area contributed by atoms with E-state index in [9.17, 15) is 19.1 Å². The summed E-state index contributed by atoms with van der Waals surface area (Å²) in [6, 6.07) is 10.7. The van der Waals surface area contributed by atoms with Gasteiger partial charge in [-0.25, -0.2) is 9.40 Å². The van der Waals surface area contributed by atoms with Crippen LogP contribution in [0.3, 0.4) is 0 Å². The molecule has 2 aromatic carbocycles. The van der Waals surface area contributed by atoms with Crippen LogP contribution in [0.4, 0.5) is 4.39 Å². The topological polar surface area (TPSA) is 91.3 Å². The average Bonchev–Trinajstić information content (AvgIpc) is 3.17. The van der Waals surface area contributed by atoms with E-state index in [4.69, 9.17) is 9.47 Å². The van der Waals surface area contributed by atoms with Crippen LogP contribution >= 0.6 is 0 Å². The van der Waals surface area contributed by atoms with E-state index in [1.54, 1.807) is 36.4 Å². The van der Waals surface area contributed by atoms with Crippen LogP contribution in [0.15, 0.2) is 47.6 Å². The lowest BCUT2D eigenvalue weighted by Crippen LogP contribution is -2.30. The smallest absolute Gasteiger partial charge is 0.243 e. The number of hydrazone groups is 1. The number of methoxy groups -OCH3 is 2. The van der Waals surface area contributed by atoms with Crippen LogP contribution in [0.2, 0.25) is 0 Å². The Morgan fingerprint density at radius 1 is 1.14 bits per heavy atom. The van der Waals surface area contributed by atoms with Gasteiger partial charge in [-0.15, -0.1) is 0 Å². The van der Waals surface area contributed by atoms with Crippen LogP contribution in [0.5, 0.6) is 11.5 Å². The van der Waals surface area contributed by atoms with Crippen LogP contribution in [0.1, 0.15) is 36.4 Å². The molecule has 0 spiro atoms. The maximum Gasteiger partial charge on any atom is 0.243 e. The van der Waals surface area contributed by atoms with E-state index < -0.39 is 30.2 Å². The minimum atomic E-state index is -1.33. The zero-order valence-electron chi connectivity index (χ0n) is 16.1. The largest absolute Gasteiger partial charge is 0.550 e. The van der Waals surface area contributed by atoms with Gasteiger partial charge >= 0.3 is 0 Å². The Morgan fingerprint density at radius 2 is 1.86 bits per heavy atom. The Kier molecular flexibility index (Phi) is 6.11. The number of hydrogen-bond acceptors (Lipinski definition) is 6. The summed E-state index contributed by atoms with van der Waals surface area (Å²) in [5, 5.41) is 16.3. The first-order valence-electron chi connectivity index (χ1n) is 9.00. The molecule has 0 radical (unpaired) electrons. The summed E-state index contributed by atoms with van der Waals surface area (Å²) < 4.78 is 25.0. The van der Waals surface area contributed by atoms with Gasteiger partial charge < -0.3 is 19.4 Å². The highest BCUT2D eigenvalue weighted by Gasteiger charge is 2.34. The molecule has 0 unspecified atom stereocenters. The van der Waals surface area contributed by atoms with Crippen molar-refractivity contribution < 1.29 is 28.6 Å². The summed E-state index contributed by atoms with van der Waals surface area (Å²) in [5.41, 5.74) is 1.56. The maximum absolute atomic E-state index is 14.4. The number of halogens is 1. The molecule has 8 heteroatoms. The highest BCUT2D eigenvalue weighted by atomic mass is 19.1. The summed E-state index contributed by atoms with van der Waals surface area (Å²) in [4.78, 5) is 23.3. The highest BCUT2D eigenvalue weighted by molar-refractivity contribution is 6.03. The summed E-state index contributed by atoms with van der Waals surface area (Å²) in [6.07, 6.45) is -0.440. The SMILES string of the molecule is COc1ccc(C2=NN(C(=O)CCC(=O)[O-])[C@@H](c3ccccc3F)C2)cc1OC. The van der Waals surface area contributed by atoms with Gasteiger partial charge in [0.2, 0.25) is 5.91 Å². The molecular formula is C21H20FN2O5-. The molecule has 0 fully saturated rings. The van der Waals surface area contributed by atoms with Crippen LogP contribution in [0.25, 0.3) is 0 Å². The predicted molar refractivity (Wildman–Crippen MR) is 101 cm³/mol. The molecule has 1 atom stereocenters. The lowest BCUT2D eigenvalue weighted by molar-refractivity contribution is -0.305. The molecule has 152 valence electrons. The molecule has 29 heavy (non-hydrogen) atoms. The minimum Gasteiger partial charge on any atom is -0.550 e. The van der Waals surface area contributed by atoms with Crippen LogP contribution in [-0.2, 0) is 9.59 Å². The molecule has 0 bridgehead atoms. The van der Waals surface area contributed by atoms with Crippen molar-refractivity contribution in [3.05, 3.63) is 59.4 Å². The van der Waals surface area contributed by atoms with E-state index in [0.29, 0.717) is 28.3 Å². The van der Waals surface area contributed by atoms with Crippen molar-refractivity contribution in [1.82, 2.24) is 5.01 Å². The van der Waals surface area contributed by atoms with E-state index >= 15 is 0 Å². The van der Waals surface area contributed by atoms with Gasteiger partial charge in [0, 0.05) is 29.9 Å². The first kappa shape index (κ1) is 20.3. The van der Waals surface area contributed by atoms with Gasteiger partial charge in [-0.05, 0) is 30.7 Å². The van der Waals surface area contributed by atoms with E-state index in [1.807, 2.05) is 0 Å². The third-order valence-corrected chi connectivity index (χ3v) is 4.69. The number of benzene rings is 2. The van der Waals surface area contributed by atoms with Crippen molar-refractivity contribution in [1.29, 1.82) is 0 Å². The molecule has 0 aliphatic carbocycles. The quantitative estimate of drug-likeness (QED) is 0.711. The molecule has 0 saturated carbocycles. The third-order valence-electron chi connectivity index (χ3n) is 4.69. The number of carbonyl (C=O) groups excluding carboxylic acids is 2. The zero-order chi connectivity index (χ0) is 21.0. The number of ether oxygens (including phenoxy) is 2. The monoisotopic (exact) mass is 399 g/mol. The number of carboxylic acid groups (broad SMARTS) is 1. The van der Waals surface area contributed by atoms with Crippen molar-refractivity contribution in [3.8, 4) is 11.5 Å². The molecular weight excluding hydrogens is 379 g/mol. The Hall–Kier alpha value is -3.42. The minimum absolute atomic E-state index is 0.271. The number of aliphatic carboxylic acids is 1. The standard InChI is InChI=1S/C21H21FN2O5/c1-28-18-8-7-13(11-19(18)29-2)16-12-17(14-5-3-4-6-15(14)22)24(23-16)20(25)9-10-21(26)27/h3-8,11,17H,9-10,12H2,1-2H3,(H,26,27)/p-1/t17-/m1/s1. The van der Waals surface area contributed by atoms with Crippen molar-refractivity contribution in [3.63, 3.8) is 0 Å². The average molecular weight is 399 g/mol. The fourth-order valence-corrected chi connectivity index (χ4v) is 3.24. The van der Waals surface area contributed by atoms with Gasteiger partial charge in [-0.1, -0.05) is 18.2 Å². The summed E-state index contributed by atoms with van der Waals surface area (Å²) >= 11 is 0. The molecule has 7 nitrogen and oxygen atoms in total. The fraction of sp³-hybridized carbons (Fsp3) is 0.286. The number of rotatable bonds is 7. The van der Waals surface area contributed by atoms with E-state index in [2.05, 4.69) is 5.10 Å². The van der Waals surface area contributed by atoms with Crippen molar-refractivity contribution in [2.75, 3.05) is 14.2 Å². The van der Waals surface area contributed by atoms with Crippen molar-refractivity contribution in [2.24, 2.45) is 5.10 Å². The molecule has 1 aliphatic rings. The number of carbonyl (C=O) groups is 2. The first-order valence-corrected chi connectivity index (χ1v) is 9.00. The maximum atomic E-state index is 14.4. The Balaban J connectivity index is 1.96. The molecule has 1 amide bonds. The van der Waals surface area contributed by atoms with Crippen LogP contribution in [-0.4, -0.2) is 36.8 Å².